The molecule has 0 heterocycles. The van der Waals surface area contributed by atoms with Crippen molar-refractivity contribution in [3.8, 4) is 11.5 Å². The van der Waals surface area contributed by atoms with Crippen LogP contribution in [0.4, 0.5) is 11.4 Å². The van der Waals surface area contributed by atoms with Gasteiger partial charge in [0.25, 0.3) is 10.2 Å². The smallest absolute Gasteiger partial charge is 0.299 e. The molecule has 20 heavy (non-hydrogen) atoms. The highest BCUT2D eigenvalue weighted by atomic mass is 32.2. The molecule has 114 valence electrons. The van der Waals surface area contributed by atoms with Crippen LogP contribution in [0.1, 0.15) is 0 Å². The Balaban J connectivity index is 2.92. The molecule has 1 rings (SSSR count). The van der Waals surface area contributed by atoms with Crippen LogP contribution in [0, 0.1) is 0 Å². The van der Waals surface area contributed by atoms with Crippen LogP contribution < -0.4 is 24.7 Å². The summed E-state index contributed by atoms with van der Waals surface area (Å²) in [6.45, 7) is 0.418. The number of anilines is 2. The second-order valence-electron chi connectivity index (χ2n) is 3.79. The van der Waals surface area contributed by atoms with Gasteiger partial charge in [-0.3, -0.25) is 4.72 Å². The molecular formula is C11H19N3O5S. The summed E-state index contributed by atoms with van der Waals surface area (Å²) in [7, 11) is 0.663. The van der Waals surface area contributed by atoms with Gasteiger partial charge in [-0.1, -0.05) is 0 Å². The zero-order chi connectivity index (χ0) is 15.2. The molecule has 4 N–H and O–H groups in total. The van der Waals surface area contributed by atoms with Crippen LogP contribution in [0.15, 0.2) is 12.1 Å². The average Bonchev–Trinajstić information content (AvgIpc) is 2.40. The molecule has 0 aliphatic heterocycles. The Morgan fingerprint density at radius 3 is 2.30 bits per heavy atom. The van der Waals surface area contributed by atoms with Crippen LogP contribution in [0.25, 0.3) is 0 Å². The minimum absolute atomic E-state index is 0.152. The van der Waals surface area contributed by atoms with Crippen molar-refractivity contribution in [3.05, 3.63) is 12.1 Å². The normalized spacial score (nSPS) is 11.2. The summed E-state index contributed by atoms with van der Waals surface area (Å²) < 4.78 is 43.1. The van der Waals surface area contributed by atoms with Crippen molar-refractivity contribution >= 4 is 21.6 Å². The van der Waals surface area contributed by atoms with E-state index in [-0.39, 0.29) is 24.5 Å². The Labute approximate surface area is 118 Å². The van der Waals surface area contributed by atoms with E-state index in [1.165, 1.54) is 33.5 Å². The molecule has 0 aromatic heterocycles. The third kappa shape index (κ3) is 4.44. The number of benzene rings is 1. The Hall–Kier alpha value is -1.71. The van der Waals surface area contributed by atoms with Gasteiger partial charge in [0.05, 0.1) is 32.2 Å². The Kier molecular flexibility index (Phi) is 5.86. The van der Waals surface area contributed by atoms with Gasteiger partial charge >= 0.3 is 0 Å². The lowest BCUT2D eigenvalue weighted by atomic mass is 10.2. The summed E-state index contributed by atoms with van der Waals surface area (Å²) in [4.78, 5) is 0. The standard InChI is InChI=1S/C11H19N3O5S/c1-17-5-4-13-20(15,16)14-9-7-11(19-3)10(18-2)6-8(9)12/h6-7,13-14H,4-5,12H2,1-3H3. The van der Waals surface area contributed by atoms with E-state index in [9.17, 15) is 8.42 Å². The Morgan fingerprint density at radius 2 is 1.75 bits per heavy atom. The summed E-state index contributed by atoms with van der Waals surface area (Å²) in [6.07, 6.45) is 0. The molecular weight excluding hydrogens is 286 g/mol. The SMILES string of the molecule is COCCNS(=O)(=O)Nc1cc(OC)c(OC)cc1N. The lowest BCUT2D eigenvalue weighted by Gasteiger charge is -2.14. The summed E-state index contributed by atoms with van der Waals surface area (Å²) >= 11 is 0. The molecule has 0 aliphatic rings. The number of nitrogens with two attached hydrogens (primary N) is 1. The summed E-state index contributed by atoms with van der Waals surface area (Å²) in [5.74, 6) is 0.789. The van der Waals surface area contributed by atoms with Crippen molar-refractivity contribution in [1.29, 1.82) is 0 Å². The highest BCUT2D eigenvalue weighted by Gasteiger charge is 2.14. The van der Waals surface area contributed by atoms with E-state index in [0.717, 1.165) is 0 Å². The molecule has 0 amide bonds. The first kappa shape index (κ1) is 16.3. The maximum Gasteiger partial charge on any atom is 0.299 e. The van der Waals surface area contributed by atoms with E-state index in [0.29, 0.717) is 11.5 Å². The van der Waals surface area contributed by atoms with Crippen molar-refractivity contribution in [1.82, 2.24) is 4.72 Å². The first-order valence-corrected chi connectivity index (χ1v) is 7.19. The van der Waals surface area contributed by atoms with Gasteiger partial charge in [-0.25, -0.2) is 0 Å². The van der Waals surface area contributed by atoms with Crippen molar-refractivity contribution in [3.63, 3.8) is 0 Å². The van der Waals surface area contributed by atoms with Gasteiger partial charge in [0.2, 0.25) is 0 Å². The monoisotopic (exact) mass is 305 g/mol. The summed E-state index contributed by atoms with van der Waals surface area (Å²) in [5.41, 5.74) is 6.19. The number of hydrogen-bond donors (Lipinski definition) is 3. The minimum atomic E-state index is -3.73. The first-order valence-electron chi connectivity index (χ1n) is 5.71. The topological polar surface area (TPSA) is 112 Å². The minimum Gasteiger partial charge on any atom is -0.493 e. The number of nitrogens with one attached hydrogen (secondary N) is 2. The quantitative estimate of drug-likeness (QED) is 0.466. The van der Waals surface area contributed by atoms with E-state index in [1.807, 2.05) is 0 Å². The second-order valence-corrected chi connectivity index (χ2v) is 5.29. The summed E-state index contributed by atoms with van der Waals surface area (Å²) in [6, 6.07) is 2.93. The molecule has 8 nitrogen and oxygen atoms in total. The lowest BCUT2D eigenvalue weighted by molar-refractivity contribution is 0.204. The van der Waals surface area contributed by atoms with E-state index in [1.54, 1.807) is 0 Å². The maximum absolute atomic E-state index is 11.8. The zero-order valence-corrected chi connectivity index (χ0v) is 12.4. The highest BCUT2D eigenvalue weighted by Crippen LogP contribution is 2.35. The Morgan fingerprint density at radius 1 is 1.15 bits per heavy atom. The van der Waals surface area contributed by atoms with E-state index in [2.05, 4.69) is 9.44 Å². The molecule has 0 saturated heterocycles. The number of methoxy groups -OCH3 is 3. The van der Waals surface area contributed by atoms with Crippen LogP contribution in [-0.4, -0.2) is 42.9 Å². The van der Waals surface area contributed by atoms with E-state index in [4.69, 9.17) is 19.9 Å². The van der Waals surface area contributed by atoms with Gasteiger partial charge in [-0.05, 0) is 0 Å². The molecule has 9 heteroatoms. The van der Waals surface area contributed by atoms with Gasteiger partial charge in [0.15, 0.2) is 11.5 Å². The van der Waals surface area contributed by atoms with Gasteiger partial charge in [-0.2, -0.15) is 13.1 Å². The van der Waals surface area contributed by atoms with Crippen LogP contribution in [0.2, 0.25) is 0 Å². The van der Waals surface area contributed by atoms with Gasteiger partial charge in [0.1, 0.15) is 0 Å². The number of nitrogen functional groups attached to an aromatic ring is 1. The Bertz CT molecular complexity index is 547. The van der Waals surface area contributed by atoms with E-state index < -0.39 is 10.2 Å². The van der Waals surface area contributed by atoms with Crippen LogP contribution >= 0.6 is 0 Å². The maximum atomic E-state index is 11.8. The molecule has 1 aromatic rings. The molecule has 0 spiro atoms. The molecule has 0 saturated carbocycles. The van der Waals surface area contributed by atoms with Crippen molar-refractivity contribution in [2.45, 2.75) is 0 Å². The molecule has 0 unspecified atom stereocenters. The van der Waals surface area contributed by atoms with Crippen molar-refractivity contribution < 1.29 is 22.6 Å². The third-order valence-corrected chi connectivity index (χ3v) is 3.47. The van der Waals surface area contributed by atoms with Crippen molar-refractivity contribution in [2.75, 3.05) is 44.9 Å². The van der Waals surface area contributed by atoms with Gasteiger partial charge in [0, 0.05) is 25.8 Å². The predicted octanol–water partition coefficient (Wildman–Crippen LogP) is 0.179. The predicted molar refractivity (Wildman–Crippen MR) is 76.4 cm³/mol. The number of rotatable bonds is 8. The highest BCUT2D eigenvalue weighted by molar-refractivity contribution is 7.90. The fourth-order valence-electron chi connectivity index (χ4n) is 1.44. The molecule has 0 bridgehead atoms. The molecule has 0 atom stereocenters. The van der Waals surface area contributed by atoms with Gasteiger partial charge in [-0.15, -0.1) is 0 Å². The third-order valence-electron chi connectivity index (χ3n) is 2.40. The average molecular weight is 305 g/mol. The molecule has 0 radical (unpaired) electrons. The fraction of sp³-hybridized carbons (Fsp3) is 0.455. The fourth-order valence-corrected chi connectivity index (χ4v) is 2.33. The molecule has 1 aromatic carbocycles. The van der Waals surface area contributed by atoms with Crippen LogP contribution in [0.3, 0.4) is 0 Å². The number of ether oxygens (including phenoxy) is 3. The second kappa shape index (κ2) is 7.17. The van der Waals surface area contributed by atoms with Crippen LogP contribution in [0.5, 0.6) is 11.5 Å². The van der Waals surface area contributed by atoms with Crippen molar-refractivity contribution in [2.24, 2.45) is 0 Å². The summed E-state index contributed by atoms with van der Waals surface area (Å²) in [5, 5.41) is 0. The van der Waals surface area contributed by atoms with Gasteiger partial charge < -0.3 is 19.9 Å². The largest absolute Gasteiger partial charge is 0.493 e. The first-order chi connectivity index (χ1) is 9.43. The number of hydrogen-bond acceptors (Lipinski definition) is 6. The lowest BCUT2D eigenvalue weighted by Crippen LogP contribution is -2.32. The molecule has 0 fully saturated rings. The zero-order valence-electron chi connectivity index (χ0n) is 11.6. The van der Waals surface area contributed by atoms with E-state index >= 15 is 0 Å². The van der Waals surface area contributed by atoms with Crippen LogP contribution in [-0.2, 0) is 14.9 Å². The molecule has 0 aliphatic carbocycles.